The summed E-state index contributed by atoms with van der Waals surface area (Å²) in [6, 6.07) is 3.24. The van der Waals surface area contributed by atoms with Gasteiger partial charge in [-0.3, -0.25) is 14.4 Å². The van der Waals surface area contributed by atoms with Crippen LogP contribution in [0, 0.1) is 6.92 Å². The van der Waals surface area contributed by atoms with Crippen LogP contribution >= 0.6 is 11.6 Å². The molecule has 0 aromatic carbocycles. The third-order valence-corrected chi connectivity index (χ3v) is 4.36. The van der Waals surface area contributed by atoms with Gasteiger partial charge in [0, 0.05) is 13.2 Å². The minimum Gasteiger partial charge on any atom is -0.278 e. The van der Waals surface area contributed by atoms with Gasteiger partial charge in [0.1, 0.15) is 10.0 Å². The lowest BCUT2D eigenvalue weighted by Crippen LogP contribution is -2.14. The van der Waals surface area contributed by atoms with E-state index >= 15 is 0 Å². The molecule has 0 fully saturated rings. The van der Waals surface area contributed by atoms with Crippen molar-refractivity contribution in [3.63, 3.8) is 0 Å². The predicted molar refractivity (Wildman–Crippen MR) is 68.0 cm³/mol. The molecule has 0 aliphatic rings. The van der Waals surface area contributed by atoms with Crippen LogP contribution in [0.3, 0.4) is 0 Å². The monoisotopic (exact) mass is 286 g/mol. The summed E-state index contributed by atoms with van der Waals surface area (Å²) in [7, 11) is -2.18. The summed E-state index contributed by atoms with van der Waals surface area (Å²) in [4.78, 5) is 3.81. The zero-order chi connectivity index (χ0) is 13.3. The Morgan fingerprint density at radius 2 is 2.17 bits per heavy atom. The molecule has 0 bridgehead atoms. The maximum atomic E-state index is 12.2. The zero-order valence-electron chi connectivity index (χ0n) is 9.75. The molecule has 2 heterocycles. The Hall–Kier alpha value is -1.60. The molecule has 0 aliphatic carbocycles. The fraction of sp³-hybridized carbons (Fsp3) is 0.200. The molecule has 8 heteroatoms. The van der Waals surface area contributed by atoms with Gasteiger partial charge in [-0.05, 0) is 19.1 Å². The van der Waals surface area contributed by atoms with Gasteiger partial charge in [0.05, 0.1) is 17.6 Å². The first-order valence-corrected chi connectivity index (χ1v) is 6.90. The number of nitrogens with zero attached hydrogens (tertiary/aromatic N) is 3. The van der Waals surface area contributed by atoms with Crippen LogP contribution < -0.4 is 4.72 Å². The molecule has 0 saturated carbocycles. The Kier molecular flexibility index (Phi) is 3.27. The van der Waals surface area contributed by atoms with E-state index in [0.717, 1.165) is 0 Å². The number of halogens is 1. The standard InChI is InChI=1S/C10H11ClN4O2S/c1-7-9(10(11)15(2)13-7)18(16,17)14-8-4-3-5-12-6-8/h3-6,14H,1-2H3. The molecule has 0 atom stereocenters. The van der Waals surface area contributed by atoms with Crippen LogP contribution in [0.1, 0.15) is 5.69 Å². The average molecular weight is 287 g/mol. The summed E-state index contributed by atoms with van der Waals surface area (Å²) in [5, 5.41) is 4.04. The smallest absolute Gasteiger partial charge is 0.266 e. The number of sulfonamides is 1. The maximum Gasteiger partial charge on any atom is 0.266 e. The Morgan fingerprint density at radius 1 is 1.44 bits per heavy atom. The third-order valence-electron chi connectivity index (χ3n) is 2.28. The van der Waals surface area contributed by atoms with E-state index in [1.165, 1.54) is 10.9 Å². The Bertz CT molecular complexity index is 667. The average Bonchev–Trinajstić information content (AvgIpc) is 2.54. The molecule has 2 aromatic heterocycles. The van der Waals surface area contributed by atoms with E-state index in [4.69, 9.17) is 11.6 Å². The van der Waals surface area contributed by atoms with E-state index in [0.29, 0.717) is 11.4 Å². The van der Waals surface area contributed by atoms with E-state index in [9.17, 15) is 8.42 Å². The van der Waals surface area contributed by atoms with Crippen LogP contribution in [0.5, 0.6) is 0 Å². The molecule has 1 N–H and O–H groups in total. The summed E-state index contributed by atoms with van der Waals surface area (Å²) in [5.74, 6) is 0. The van der Waals surface area contributed by atoms with Gasteiger partial charge in [-0.1, -0.05) is 11.6 Å². The molecule has 0 radical (unpaired) electrons. The zero-order valence-corrected chi connectivity index (χ0v) is 11.3. The molecule has 0 spiro atoms. The molecule has 6 nitrogen and oxygen atoms in total. The third kappa shape index (κ3) is 2.32. The number of aryl methyl sites for hydroxylation is 2. The molecule has 0 saturated heterocycles. The van der Waals surface area contributed by atoms with Crippen molar-refractivity contribution in [1.82, 2.24) is 14.8 Å². The molecule has 2 aromatic rings. The molecule has 2 rings (SSSR count). The summed E-state index contributed by atoms with van der Waals surface area (Å²) in [6.45, 7) is 1.59. The summed E-state index contributed by atoms with van der Waals surface area (Å²) in [5.41, 5.74) is 0.718. The first kappa shape index (κ1) is 12.8. The van der Waals surface area contributed by atoms with Crippen LogP contribution in [0.25, 0.3) is 0 Å². The van der Waals surface area contributed by atoms with Crippen molar-refractivity contribution in [2.75, 3.05) is 4.72 Å². The summed E-state index contributed by atoms with van der Waals surface area (Å²) >= 11 is 5.93. The van der Waals surface area contributed by atoms with Crippen molar-refractivity contribution < 1.29 is 8.42 Å². The van der Waals surface area contributed by atoms with Gasteiger partial charge in [-0.25, -0.2) is 8.42 Å². The van der Waals surface area contributed by atoms with Gasteiger partial charge < -0.3 is 0 Å². The van der Waals surface area contributed by atoms with E-state index in [1.54, 1.807) is 32.3 Å². The Morgan fingerprint density at radius 3 is 2.67 bits per heavy atom. The molecule has 18 heavy (non-hydrogen) atoms. The van der Waals surface area contributed by atoms with Gasteiger partial charge in [0.15, 0.2) is 0 Å². The molecular formula is C10H11ClN4O2S. The topological polar surface area (TPSA) is 76.9 Å². The van der Waals surface area contributed by atoms with Crippen molar-refractivity contribution in [3.8, 4) is 0 Å². The minimum absolute atomic E-state index is 0.0180. The van der Waals surface area contributed by atoms with E-state index in [1.807, 2.05) is 0 Å². The van der Waals surface area contributed by atoms with Crippen LogP contribution in [-0.4, -0.2) is 23.2 Å². The second-order valence-electron chi connectivity index (χ2n) is 3.68. The van der Waals surface area contributed by atoms with Gasteiger partial charge >= 0.3 is 0 Å². The fourth-order valence-electron chi connectivity index (χ4n) is 1.55. The minimum atomic E-state index is -3.76. The molecule has 96 valence electrons. The van der Waals surface area contributed by atoms with Crippen LogP contribution in [0.15, 0.2) is 29.4 Å². The first-order chi connectivity index (χ1) is 8.42. The second-order valence-corrected chi connectivity index (χ2v) is 5.65. The highest BCUT2D eigenvalue weighted by Gasteiger charge is 2.25. The quantitative estimate of drug-likeness (QED) is 0.929. The first-order valence-electron chi connectivity index (χ1n) is 5.04. The summed E-state index contributed by atoms with van der Waals surface area (Å²) in [6.07, 6.45) is 2.97. The second kappa shape index (κ2) is 4.58. The number of hydrogen-bond acceptors (Lipinski definition) is 4. The number of pyridine rings is 1. The highest BCUT2D eigenvalue weighted by Crippen LogP contribution is 2.25. The van der Waals surface area contributed by atoms with Crippen molar-refractivity contribution in [2.45, 2.75) is 11.8 Å². The number of aromatic nitrogens is 3. The predicted octanol–water partition coefficient (Wildman–Crippen LogP) is 1.58. The van der Waals surface area contributed by atoms with Gasteiger partial charge in [0.25, 0.3) is 10.0 Å². The van der Waals surface area contributed by atoms with Gasteiger partial charge in [-0.15, -0.1) is 0 Å². The van der Waals surface area contributed by atoms with Crippen LogP contribution in [0.4, 0.5) is 5.69 Å². The van der Waals surface area contributed by atoms with Crippen molar-refractivity contribution in [2.24, 2.45) is 7.05 Å². The molecule has 0 aliphatic heterocycles. The SMILES string of the molecule is Cc1nn(C)c(Cl)c1S(=O)(=O)Nc1cccnc1. The van der Waals surface area contributed by atoms with Crippen molar-refractivity contribution in [3.05, 3.63) is 35.4 Å². The van der Waals surface area contributed by atoms with Gasteiger partial charge in [0.2, 0.25) is 0 Å². The maximum absolute atomic E-state index is 12.2. The van der Waals surface area contributed by atoms with Crippen molar-refractivity contribution in [1.29, 1.82) is 0 Å². The van der Waals surface area contributed by atoms with E-state index in [2.05, 4.69) is 14.8 Å². The van der Waals surface area contributed by atoms with Crippen LogP contribution in [0.2, 0.25) is 5.15 Å². The number of anilines is 1. The molecule has 0 unspecified atom stereocenters. The molecular weight excluding hydrogens is 276 g/mol. The molecule has 0 amide bonds. The lowest BCUT2D eigenvalue weighted by molar-refractivity contribution is 0.600. The normalized spacial score (nSPS) is 11.5. The highest BCUT2D eigenvalue weighted by atomic mass is 35.5. The summed E-state index contributed by atoms with van der Waals surface area (Å²) < 4.78 is 28.1. The lowest BCUT2D eigenvalue weighted by atomic mass is 10.4. The fourth-order valence-corrected chi connectivity index (χ4v) is 3.34. The van der Waals surface area contributed by atoms with Gasteiger partial charge in [-0.2, -0.15) is 5.10 Å². The Balaban J connectivity index is 2.43. The highest BCUT2D eigenvalue weighted by molar-refractivity contribution is 7.92. The lowest BCUT2D eigenvalue weighted by Gasteiger charge is -2.06. The van der Waals surface area contributed by atoms with Crippen molar-refractivity contribution >= 4 is 27.3 Å². The number of hydrogen-bond donors (Lipinski definition) is 1. The number of rotatable bonds is 3. The largest absolute Gasteiger partial charge is 0.278 e. The number of nitrogens with one attached hydrogen (secondary N) is 1. The Labute approximate surface area is 110 Å². The van der Waals surface area contributed by atoms with E-state index in [-0.39, 0.29) is 10.0 Å². The van der Waals surface area contributed by atoms with E-state index < -0.39 is 10.0 Å². The van der Waals surface area contributed by atoms with Crippen LogP contribution in [-0.2, 0) is 17.1 Å².